The van der Waals surface area contributed by atoms with Gasteiger partial charge in [-0.1, -0.05) is 17.7 Å². The molecule has 1 aromatic carbocycles. The molecule has 0 unspecified atom stereocenters. The van der Waals surface area contributed by atoms with Crippen molar-refractivity contribution in [3.8, 4) is 5.75 Å². The summed E-state index contributed by atoms with van der Waals surface area (Å²) in [5.74, 6) is -1.75. The van der Waals surface area contributed by atoms with Crippen molar-refractivity contribution in [1.29, 1.82) is 0 Å². The zero-order valence-electron chi connectivity index (χ0n) is 9.32. The topological polar surface area (TPSA) is 72.8 Å². The molecule has 0 bridgehead atoms. The number of ether oxygens (including phenoxy) is 2. The van der Waals surface area contributed by atoms with Gasteiger partial charge in [-0.25, -0.2) is 9.59 Å². The van der Waals surface area contributed by atoms with Gasteiger partial charge in [0, 0.05) is 0 Å². The number of carboxylic acids is 1. The summed E-state index contributed by atoms with van der Waals surface area (Å²) in [4.78, 5) is 22.0. The van der Waals surface area contributed by atoms with E-state index in [1.54, 1.807) is 13.0 Å². The van der Waals surface area contributed by atoms with Crippen molar-refractivity contribution in [2.24, 2.45) is 0 Å². The largest absolute Gasteiger partial charge is 0.479 e. The Labute approximate surface area is 103 Å². The van der Waals surface area contributed by atoms with Crippen molar-refractivity contribution in [3.63, 3.8) is 0 Å². The number of methoxy groups -OCH3 is 1. The van der Waals surface area contributed by atoms with Crippen molar-refractivity contribution in [1.82, 2.24) is 0 Å². The first-order valence-corrected chi connectivity index (χ1v) is 5.07. The number of halogens is 1. The number of rotatable bonds is 4. The molecule has 0 spiro atoms. The highest BCUT2D eigenvalue weighted by molar-refractivity contribution is 6.32. The lowest BCUT2D eigenvalue weighted by Crippen LogP contribution is -2.14. The molecule has 0 aliphatic heterocycles. The van der Waals surface area contributed by atoms with E-state index < -0.39 is 18.5 Å². The summed E-state index contributed by atoms with van der Waals surface area (Å²) < 4.78 is 9.60. The molecule has 0 heterocycles. The summed E-state index contributed by atoms with van der Waals surface area (Å²) in [7, 11) is 1.23. The molecule has 5 nitrogen and oxygen atoms in total. The number of carbonyl (C=O) groups excluding carboxylic acids is 1. The van der Waals surface area contributed by atoms with E-state index in [0.29, 0.717) is 5.56 Å². The van der Waals surface area contributed by atoms with E-state index in [1.165, 1.54) is 13.2 Å². The zero-order chi connectivity index (χ0) is 13.0. The van der Waals surface area contributed by atoms with Gasteiger partial charge in [-0.05, 0) is 18.6 Å². The predicted molar refractivity (Wildman–Crippen MR) is 60.7 cm³/mol. The van der Waals surface area contributed by atoms with Gasteiger partial charge in [0.15, 0.2) is 12.4 Å². The monoisotopic (exact) mass is 258 g/mol. The Balaban J connectivity index is 3.19. The quantitative estimate of drug-likeness (QED) is 0.835. The molecule has 0 aliphatic rings. The Hall–Kier alpha value is -1.75. The van der Waals surface area contributed by atoms with Crippen LogP contribution in [0.15, 0.2) is 12.1 Å². The highest BCUT2D eigenvalue weighted by Gasteiger charge is 2.19. The Bertz CT molecular complexity index is 455. The van der Waals surface area contributed by atoms with E-state index in [4.69, 9.17) is 21.4 Å². The summed E-state index contributed by atoms with van der Waals surface area (Å²) in [6.07, 6.45) is 0. The lowest BCUT2D eigenvalue weighted by molar-refractivity contribution is -0.139. The number of aryl methyl sites for hydroxylation is 1. The molecule has 0 saturated carbocycles. The van der Waals surface area contributed by atoms with Gasteiger partial charge in [0.05, 0.1) is 12.1 Å². The van der Waals surface area contributed by atoms with Gasteiger partial charge in [-0.15, -0.1) is 0 Å². The molecule has 92 valence electrons. The summed E-state index contributed by atoms with van der Waals surface area (Å²) in [6, 6.07) is 3.16. The second-order valence-electron chi connectivity index (χ2n) is 3.24. The zero-order valence-corrected chi connectivity index (χ0v) is 10.1. The fourth-order valence-electron chi connectivity index (χ4n) is 1.29. The average Bonchev–Trinajstić information content (AvgIpc) is 2.28. The molecule has 0 amide bonds. The number of hydrogen-bond donors (Lipinski definition) is 1. The maximum Gasteiger partial charge on any atom is 0.341 e. The minimum atomic E-state index is -1.15. The van der Waals surface area contributed by atoms with Crippen LogP contribution in [0.2, 0.25) is 5.02 Å². The van der Waals surface area contributed by atoms with Gasteiger partial charge < -0.3 is 14.6 Å². The van der Waals surface area contributed by atoms with Gasteiger partial charge >= 0.3 is 11.9 Å². The lowest BCUT2D eigenvalue weighted by Gasteiger charge is -2.12. The molecular formula is C11H11ClO5. The van der Waals surface area contributed by atoms with E-state index in [2.05, 4.69) is 4.74 Å². The van der Waals surface area contributed by atoms with Crippen LogP contribution in [0.3, 0.4) is 0 Å². The van der Waals surface area contributed by atoms with Crippen LogP contribution in [0.1, 0.15) is 15.9 Å². The molecule has 1 rings (SSSR count). The fourth-order valence-corrected chi connectivity index (χ4v) is 1.50. The number of carboxylic acid groups (broad SMARTS) is 1. The third-order valence-electron chi connectivity index (χ3n) is 2.05. The SMILES string of the molecule is COC(=O)c1c(C)ccc(Cl)c1OCC(=O)O. The predicted octanol–water partition coefficient (Wildman–Crippen LogP) is 1.90. The maximum atomic E-state index is 11.5. The summed E-state index contributed by atoms with van der Waals surface area (Å²) in [5, 5.41) is 8.70. The molecule has 0 atom stereocenters. The summed E-state index contributed by atoms with van der Waals surface area (Å²) >= 11 is 5.86. The first-order chi connectivity index (χ1) is 7.97. The van der Waals surface area contributed by atoms with Crippen molar-refractivity contribution < 1.29 is 24.2 Å². The molecule has 0 aromatic heterocycles. The van der Waals surface area contributed by atoms with E-state index in [-0.39, 0.29) is 16.3 Å². The molecule has 0 aliphatic carbocycles. The van der Waals surface area contributed by atoms with E-state index in [9.17, 15) is 9.59 Å². The van der Waals surface area contributed by atoms with Crippen LogP contribution in [0.4, 0.5) is 0 Å². The van der Waals surface area contributed by atoms with Crippen molar-refractivity contribution in [3.05, 3.63) is 28.3 Å². The van der Waals surface area contributed by atoms with E-state index in [1.807, 2.05) is 0 Å². The minimum Gasteiger partial charge on any atom is -0.479 e. The average molecular weight is 259 g/mol. The Kier molecular flexibility index (Phi) is 4.34. The first kappa shape index (κ1) is 13.3. The molecule has 0 radical (unpaired) electrons. The number of carbonyl (C=O) groups is 2. The van der Waals surface area contributed by atoms with Crippen LogP contribution in [0, 0.1) is 6.92 Å². The number of esters is 1. The fraction of sp³-hybridized carbons (Fsp3) is 0.273. The third-order valence-corrected chi connectivity index (χ3v) is 2.35. The van der Waals surface area contributed by atoms with Crippen LogP contribution in [-0.4, -0.2) is 30.8 Å². The van der Waals surface area contributed by atoms with Gasteiger partial charge in [-0.2, -0.15) is 0 Å². The van der Waals surface area contributed by atoms with Crippen LogP contribution in [0.25, 0.3) is 0 Å². The highest BCUT2D eigenvalue weighted by Crippen LogP contribution is 2.31. The van der Waals surface area contributed by atoms with Gasteiger partial charge in [0.1, 0.15) is 5.56 Å². The minimum absolute atomic E-state index is 0.0286. The Morgan fingerprint density at radius 3 is 2.59 bits per heavy atom. The van der Waals surface area contributed by atoms with Gasteiger partial charge in [0.2, 0.25) is 0 Å². The van der Waals surface area contributed by atoms with E-state index in [0.717, 1.165) is 0 Å². The number of benzene rings is 1. The normalized spacial score (nSPS) is 9.82. The Morgan fingerprint density at radius 1 is 1.41 bits per heavy atom. The summed E-state index contributed by atoms with van der Waals surface area (Å²) in [6.45, 7) is 1.10. The maximum absolute atomic E-state index is 11.5. The summed E-state index contributed by atoms with van der Waals surface area (Å²) in [5.41, 5.74) is 0.739. The standard InChI is InChI=1S/C11H11ClO5/c1-6-3-4-7(12)10(17-5-8(13)14)9(6)11(15)16-2/h3-4H,5H2,1-2H3,(H,13,14). The first-order valence-electron chi connectivity index (χ1n) is 4.69. The molecular weight excluding hydrogens is 248 g/mol. The molecule has 0 saturated heterocycles. The molecule has 1 aromatic rings. The van der Waals surface area contributed by atoms with Crippen LogP contribution < -0.4 is 4.74 Å². The van der Waals surface area contributed by atoms with Crippen molar-refractivity contribution in [2.45, 2.75) is 6.92 Å². The molecule has 0 fully saturated rings. The van der Waals surface area contributed by atoms with Crippen molar-refractivity contribution >= 4 is 23.5 Å². The second kappa shape index (κ2) is 5.54. The molecule has 17 heavy (non-hydrogen) atoms. The van der Waals surface area contributed by atoms with E-state index >= 15 is 0 Å². The van der Waals surface area contributed by atoms with Crippen LogP contribution >= 0.6 is 11.6 Å². The second-order valence-corrected chi connectivity index (χ2v) is 3.65. The molecule has 6 heteroatoms. The highest BCUT2D eigenvalue weighted by atomic mass is 35.5. The Morgan fingerprint density at radius 2 is 2.06 bits per heavy atom. The number of hydrogen-bond acceptors (Lipinski definition) is 4. The van der Waals surface area contributed by atoms with Gasteiger partial charge in [-0.3, -0.25) is 0 Å². The van der Waals surface area contributed by atoms with Crippen LogP contribution in [0.5, 0.6) is 5.75 Å². The third kappa shape index (κ3) is 3.10. The number of aliphatic carboxylic acids is 1. The van der Waals surface area contributed by atoms with Crippen molar-refractivity contribution in [2.75, 3.05) is 13.7 Å². The van der Waals surface area contributed by atoms with Gasteiger partial charge in [0.25, 0.3) is 0 Å². The lowest BCUT2D eigenvalue weighted by atomic mass is 10.1. The smallest absolute Gasteiger partial charge is 0.341 e. The molecule has 1 N–H and O–H groups in total. The van der Waals surface area contributed by atoms with Crippen LogP contribution in [-0.2, 0) is 9.53 Å².